The zero-order valence-corrected chi connectivity index (χ0v) is 16.4. The largest absolute Gasteiger partial charge is 0.443 e. The summed E-state index contributed by atoms with van der Waals surface area (Å²) in [6, 6.07) is 10.6. The molecule has 0 aliphatic heterocycles. The minimum absolute atomic E-state index is 0.226. The molecule has 2 N–H and O–H groups in total. The van der Waals surface area contributed by atoms with Crippen molar-refractivity contribution in [1.29, 1.82) is 0 Å². The van der Waals surface area contributed by atoms with E-state index in [2.05, 4.69) is 34.5 Å². The number of aromatic nitrogens is 1. The van der Waals surface area contributed by atoms with Crippen molar-refractivity contribution < 1.29 is 8.81 Å². The van der Waals surface area contributed by atoms with E-state index in [-0.39, 0.29) is 11.2 Å². The van der Waals surface area contributed by atoms with Crippen molar-refractivity contribution in [3.05, 3.63) is 65.1 Å². The number of hydrogen-bond acceptors (Lipinski definition) is 4. The summed E-state index contributed by atoms with van der Waals surface area (Å²) < 4.78 is 19.0. The monoisotopic (exact) mass is 386 g/mol. The number of oxazole rings is 1. The first-order valence-corrected chi connectivity index (χ1v) is 9.55. The average molecular weight is 386 g/mol. The molecule has 27 heavy (non-hydrogen) atoms. The van der Waals surface area contributed by atoms with Crippen LogP contribution in [0.25, 0.3) is 10.8 Å². The van der Waals surface area contributed by atoms with Gasteiger partial charge < -0.3 is 15.1 Å². The number of rotatable bonds is 6. The van der Waals surface area contributed by atoms with Crippen molar-refractivity contribution in [2.75, 3.05) is 13.6 Å². The number of thiophene rings is 1. The first-order chi connectivity index (χ1) is 13.0. The second kappa shape index (κ2) is 8.35. The van der Waals surface area contributed by atoms with Crippen LogP contribution in [0, 0.1) is 5.82 Å². The van der Waals surface area contributed by atoms with Gasteiger partial charge in [-0.05, 0) is 29.1 Å². The van der Waals surface area contributed by atoms with Gasteiger partial charge in [0.15, 0.2) is 5.96 Å². The number of nitrogens with one attached hydrogen (secondary N) is 2. The second-order valence-corrected chi connectivity index (χ2v) is 7.74. The minimum Gasteiger partial charge on any atom is -0.443 e. The molecule has 1 aromatic carbocycles. The highest BCUT2D eigenvalue weighted by atomic mass is 32.1. The van der Waals surface area contributed by atoms with Gasteiger partial charge in [0, 0.05) is 19.0 Å². The lowest BCUT2D eigenvalue weighted by molar-refractivity contribution is 0.503. The van der Waals surface area contributed by atoms with Crippen LogP contribution in [0.5, 0.6) is 0 Å². The summed E-state index contributed by atoms with van der Waals surface area (Å²) >= 11 is 1.59. The lowest BCUT2D eigenvalue weighted by Gasteiger charge is -2.26. The van der Waals surface area contributed by atoms with E-state index < -0.39 is 0 Å². The molecule has 0 saturated carbocycles. The lowest BCUT2D eigenvalue weighted by atomic mass is 9.84. The number of guanidine groups is 1. The van der Waals surface area contributed by atoms with Crippen molar-refractivity contribution in [2.45, 2.75) is 25.8 Å². The normalized spacial score (nSPS) is 12.2. The molecule has 0 spiro atoms. The van der Waals surface area contributed by atoms with Crippen molar-refractivity contribution in [1.82, 2.24) is 15.6 Å². The molecule has 2 heterocycles. The fraction of sp³-hybridized carbons (Fsp3) is 0.300. The van der Waals surface area contributed by atoms with Gasteiger partial charge in [-0.1, -0.05) is 32.0 Å². The van der Waals surface area contributed by atoms with Crippen LogP contribution in [0.1, 0.15) is 25.1 Å². The molecule has 3 rings (SSSR count). The van der Waals surface area contributed by atoms with Crippen LogP contribution in [0.15, 0.2) is 57.5 Å². The van der Waals surface area contributed by atoms with Gasteiger partial charge in [0.2, 0.25) is 5.89 Å². The van der Waals surface area contributed by atoms with Crippen LogP contribution < -0.4 is 10.6 Å². The highest BCUT2D eigenvalue weighted by Gasteiger charge is 2.21. The van der Waals surface area contributed by atoms with Gasteiger partial charge in [-0.25, -0.2) is 9.37 Å². The standard InChI is InChI=1S/C20H23FN4OS/c1-20(2,14-6-4-7-15(21)10-14)13-24-19(22-3)23-11-16-12-26-18(25-16)17-8-5-9-27-17/h4-10,12H,11,13H2,1-3H3,(H2,22,23,24). The fourth-order valence-corrected chi connectivity index (χ4v) is 3.27. The third kappa shape index (κ3) is 4.95. The highest BCUT2D eigenvalue weighted by Crippen LogP contribution is 2.24. The number of benzene rings is 1. The predicted octanol–water partition coefficient (Wildman–Crippen LogP) is 4.19. The maximum absolute atomic E-state index is 13.5. The summed E-state index contributed by atoms with van der Waals surface area (Å²) in [7, 11) is 1.71. The molecular weight excluding hydrogens is 363 g/mol. The topological polar surface area (TPSA) is 62.5 Å². The third-order valence-electron chi connectivity index (χ3n) is 4.25. The van der Waals surface area contributed by atoms with Crippen LogP contribution in [0.4, 0.5) is 4.39 Å². The van der Waals surface area contributed by atoms with Gasteiger partial charge in [0.25, 0.3) is 0 Å². The van der Waals surface area contributed by atoms with E-state index in [1.54, 1.807) is 36.8 Å². The first kappa shape index (κ1) is 19.1. The quantitative estimate of drug-likeness (QED) is 0.493. The molecule has 0 aliphatic carbocycles. The predicted molar refractivity (Wildman–Crippen MR) is 107 cm³/mol. The van der Waals surface area contributed by atoms with Gasteiger partial charge in [-0.3, -0.25) is 4.99 Å². The lowest BCUT2D eigenvalue weighted by Crippen LogP contribution is -2.43. The molecule has 0 fully saturated rings. The van der Waals surface area contributed by atoms with Crippen LogP contribution in [-0.4, -0.2) is 24.5 Å². The maximum Gasteiger partial charge on any atom is 0.236 e. The number of aliphatic imine (C=N–C) groups is 1. The first-order valence-electron chi connectivity index (χ1n) is 8.67. The van der Waals surface area contributed by atoms with Crippen LogP contribution in [-0.2, 0) is 12.0 Å². The summed E-state index contributed by atoms with van der Waals surface area (Å²) in [5.41, 5.74) is 1.48. The SMILES string of the molecule is CN=C(NCc1coc(-c2cccs2)n1)NCC(C)(C)c1cccc(F)c1. The minimum atomic E-state index is -0.250. The van der Waals surface area contributed by atoms with Crippen LogP contribution in [0.3, 0.4) is 0 Å². The smallest absolute Gasteiger partial charge is 0.236 e. The van der Waals surface area contributed by atoms with E-state index in [1.165, 1.54) is 6.07 Å². The van der Waals surface area contributed by atoms with Gasteiger partial charge >= 0.3 is 0 Å². The fourth-order valence-electron chi connectivity index (χ4n) is 2.61. The Hall–Kier alpha value is -2.67. The Bertz CT molecular complexity index is 902. The molecule has 142 valence electrons. The maximum atomic E-state index is 13.5. The number of nitrogens with zero attached hydrogens (tertiary/aromatic N) is 2. The Morgan fingerprint density at radius 1 is 1.26 bits per heavy atom. The zero-order chi connectivity index (χ0) is 19.3. The Labute approximate surface area is 162 Å². The Kier molecular flexibility index (Phi) is 5.91. The molecule has 5 nitrogen and oxygen atoms in total. The Balaban J connectivity index is 1.55. The van der Waals surface area contributed by atoms with E-state index in [9.17, 15) is 4.39 Å². The van der Waals surface area contributed by atoms with Crippen molar-refractivity contribution >= 4 is 17.3 Å². The summed E-state index contributed by atoms with van der Waals surface area (Å²) in [5.74, 6) is 1.05. The van der Waals surface area contributed by atoms with Crippen LogP contribution in [0.2, 0.25) is 0 Å². The molecule has 0 atom stereocenters. The van der Waals surface area contributed by atoms with Crippen molar-refractivity contribution in [3.8, 4) is 10.8 Å². The molecular formula is C20H23FN4OS. The average Bonchev–Trinajstić information content (AvgIpc) is 3.33. The van der Waals surface area contributed by atoms with E-state index >= 15 is 0 Å². The molecule has 2 aromatic heterocycles. The Morgan fingerprint density at radius 2 is 2.11 bits per heavy atom. The number of hydrogen-bond donors (Lipinski definition) is 2. The van der Waals surface area contributed by atoms with Crippen molar-refractivity contribution in [3.63, 3.8) is 0 Å². The van der Waals surface area contributed by atoms with Crippen LogP contribution >= 0.6 is 11.3 Å². The van der Waals surface area contributed by atoms with E-state index in [1.807, 2.05) is 23.6 Å². The molecule has 0 saturated heterocycles. The summed E-state index contributed by atoms with van der Waals surface area (Å²) in [6.45, 7) is 5.23. The van der Waals surface area contributed by atoms with Gasteiger partial charge in [-0.2, -0.15) is 0 Å². The van der Waals surface area contributed by atoms with Gasteiger partial charge in [0.05, 0.1) is 17.1 Å². The molecule has 0 radical (unpaired) electrons. The van der Waals surface area contributed by atoms with E-state index in [0.29, 0.717) is 24.9 Å². The van der Waals surface area contributed by atoms with Gasteiger partial charge in [0.1, 0.15) is 12.1 Å². The Morgan fingerprint density at radius 3 is 2.81 bits per heavy atom. The second-order valence-electron chi connectivity index (χ2n) is 6.79. The molecule has 0 bridgehead atoms. The number of halogens is 1. The zero-order valence-electron chi connectivity index (χ0n) is 15.6. The highest BCUT2D eigenvalue weighted by molar-refractivity contribution is 7.13. The van der Waals surface area contributed by atoms with E-state index in [0.717, 1.165) is 16.1 Å². The van der Waals surface area contributed by atoms with Gasteiger partial charge in [-0.15, -0.1) is 11.3 Å². The van der Waals surface area contributed by atoms with E-state index in [4.69, 9.17) is 4.42 Å². The molecule has 3 aromatic rings. The summed E-state index contributed by atoms with van der Waals surface area (Å²) in [6.07, 6.45) is 1.64. The molecule has 7 heteroatoms. The molecule has 0 amide bonds. The third-order valence-corrected chi connectivity index (χ3v) is 5.11. The molecule has 0 aliphatic rings. The summed E-state index contributed by atoms with van der Waals surface area (Å²) in [4.78, 5) is 9.72. The molecule has 0 unspecified atom stereocenters. The van der Waals surface area contributed by atoms with Crippen molar-refractivity contribution in [2.24, 2.45) is 4.99 Å². The summed E-state index contributed by atoms with van der Waals surface area (Å²) in [5, 5.41) is 8.51.